The lowest BCUT2D eigenvalue weighted by Crippen LogP contribution is -2.82. The summed E-state index contributed by atoms with van der Waals surface area (Å²) in [7, 11) is 3.53. The number of H-pyrrole nitrogens is 1. The molecule has 27 heteroatoms. The Kier molecular flexibility index (Phi) is 21.0. The largest absolute Gasteiger partial charge is 0.486 e. The highest BCUT2D eigenvalue weighted by Gasteiger charge is 2.84. The molecule has 35 rings (SSSR count). The Labute approximate surface area is 877 Å². The van der Waals surface area contributed by atoms with Crippen LogP contribution in [0.15, 0.2) is 122 Å². The van der Waals surface area contributed by atoms with E-state index in [1.807, 2.05) is 70.2 Å². The van der Waals surface area contributed by atoms with E-state index < -0.39 is 58.2 Å². The van der Waals surface area contributed by atoms with Crippen LogP contribution in [0.5, 0.6) is 28.7 Å². The second-order valence-corrected chi connectivity index (χ2v) is 52.3. The predicted octanol–water partition coefficient (Wildman–Crippen LogP) is 12.3. The maximum absolute atomic E-state index is 12.4. The summed E-state index contributed by atoms with van der Waals surface area (Å²) in [5.41, 5.74) is 43.4. The van der Waals surface area contributed by atoms with Gasteiger partial charge in [-0.1, -0.05) is 85.3 Å². The molecule has 14 fully saturated rings. The van der Waals surface area contributed by atoms with Gasteiger partial charge in [-0.15, -0.1) is 6.58 Å². The molecule has 28 aliphatic rings. The smallest absolute Gasteiger partial charge is 0.252 e. The molecule has 27 nitrogen and oxygen atoms in total. The molecule has 7 spiro atoms. The maximum Gasteiger partial charge on any atom is 0.252 e. The third-order valence-electron chi connectivity index (χ3n) is 45.3. The average molecular weight is 2040 g/mol. The van der Waals surface area contributed by atoms with Crippen molar-refractivity contribution in [1.29, 1.82) is 0 Å². The van der Waals surface area contributed by atoms with Crippen LogP contribution in [0.4, 0.5) is 0 Å². The number of hydrogen-bond acceptors (Lipinski definition) is 21. The molecule has 14 bridgehead atoms. The number of nitrogens with two attached hydrogens (primary N) is 5. The first-order chi connectivity index (χ1) is 72.2. The Balaban J connectivity index is 0.0000000884. The van der Waals surface area contributed by atoms with Crippen molar-refractivity contribution in [1.82, 2.24) is 29.5 Å². The van der Waals surface area contributed by atoms with Crippen LogP contribution in [0.2, 0.25) is 0 Å². The molecule has 7 aromatic rings. The summed E-state index contributed by atoms with van der Waals surface area (Å²) >= 11 is 0. The van der Waals surface area contributed by atoms with Crippen molar-refractivity contribution in [3.05, 3.63) is 217 Å². The van der Waals surface area contributed by atoms with Crippen LogP contribution in [0, 0.1) is 64.1 Å². The summed E-state index contributed by atoms with van der Waals surface area (Å²) in [6.07, 6.45) is 37.3. The minimum atomic E-state index is -0.935. The van der Waals surface area contributed by atoms with Gasteiger partial charge in [0, 0.05) is 166 Å². The number of rotatable bonds is 19. The van der Waals surface area contributed by atoms with E-state index >= 15 is 0 Å². The summed E-state index contributed by atoms with van der Waals surface area (Å²) < 4.78 is 45.9. The number of nitrogens with one attached hydrogen (secondary N) is 1. The number of likely N-dealkylation sites (tertiary alicyclic amines) is 5. The number of para-hydroxylation sites is 1. The van der Waals surface area contributed by atoms with Gasteiger partial charge in [0.2, 0.25) is 0 Å². The number of hydrogen-bond donors (Lipinski definition) is 10. The fraction of sp³-hybridized carbons (Fsp3) is 0.602. The van der Waals surface area contributed by atoms with Crippen LogP contribution in [0.25, 0.3) is 10.9 Å². The number of piperidine rings is 5. The minimum absolute atomic E-state index is 0.0181. The maximum atomic E-state index is 12.4. The molecule has 790 valence electrons. The Bertz CT molecular complexity index is 6980. The van der Waals surface area contributed by atoms with E-state index in [-0.39, 0.29) is 92.1 Å². The zero-order valence-electron chi connectivity index (χ0n) is 87.6. The van der Waals surface area contributed by atoms with E-state index in [2.05, 4.69) is 103 Å². The number of nitrogens with zero attached hydrogens (tertiary/aromatic N) is 5. The minimum Gasteiger partial charge on any atom is -0.486 e. The van der Waals surface area contributed by atoms with Crippen molar-refractivity contribution in [3.8, 4) is 28.7 Å². The Morgan fingerprint density at radius 1 is 0.460 bits per heavy atom. The lowest BCUT2D eigenvalue weighted by Gasteiger charge is -2.75. The van der Waals surface area contributed by atoms with E-state index in [0.717, 1.165) is 190 Å². The SMILES string of the molecule is C=CCN1CC[C@]23c4c5ccc(C(N)=O)c4O[C@H]2[C@@H](O)C=C[C@H]3[C@H]1C5.CO[C@]12C=C[C@@]3(C[C@@H]1C(C)(C)O)[C@H]1Cc4ccc(C(N)=O)c5c4[C@@]3(CCN1CC1CC1)[C@H]2O5.CO[C@]12CC[C@@]3(C[C@@H]1C(C)(C)O)[C@H]1Cc4ccc(C(N)=O)c5c4[C@@]3(CCN1CC1CC1)[C@H]2O5.NC(=O)c1ccc2c3c1O[C@H]1[C@@H](O)CC[C@H]4[C@@H](C2)N(CC2CCC2)CC[C@@]341.NC(=O)c1ccc2c3c1O[C@H]1c4[nH]c5ccccc5c4C[C@H]4[C@@H](C2)N(CC2CC2)CC[C@]314. The number of carbonyl (C=O) groups excluding carboxylic acids is 5. The van der Waals surface area contributed by atoms with Crippen molar-refractivity contribution in [3.63, 3.8) is 0 Å². The molecule has 1 aromatic heterocycles. The number of amides is 5. The molecule has 0 radical (unpaired) electrons. The molecule has 26 atom stereocenters. The topological polar surface area (TPSA) is 393 Å². The summed E-state index contributed by atoms with van der Waals surface area (Å²) in [6.45, 7) is 22.5. The van der Waals surface area contributed by atoms with E-state index in [4.69, 9.17) is 61.8 Å². The number of methoxy groups -OCH3 is 2. The number of primary amides is 5. The lowest BCUT2D eigenvalue weighted by molar-refractivity contribution is -0.300. The molecule has 9 saturated carbocycles. The summed E-state index contributed by atoms with van der Waals surface area (Å²) in [4.78, 5) is 78.4. The van der Waals surface area contributed by atoms with Crippen molar-refractivity contribution in [2.75, 3.05) is 79.7 Å². The van der Waals surface area contributed by atoms with Crippen LogP contribution in [0.3, 0.4) is 0 Å². The molecule has 18 aliphatic carbocycles. The van der Waals surface area contributed by atoms with Crippen LogP contribution >= 0.6 is 0 Å². The van der Waals surface area contributed by atoms with Crippen molar-refractivity contribution < 1.29 is 77.6 Å². The van der Waals surface area contributed by atoms with Gasteiger partial charge in [-0.25, -0.2) is 0 Å². The number of aliphatic hydroxyl groups excluding tert-OH is 2. The lowest BCUT2D eigenvalue weighted by atomic mass is 9.34. The molecule has 15 N–H and O–H groups in total. The normalized spacial score (nSPS) is 38.8. The standard InChI is InChI=1S/C27H27N3O2.C27H36N2O4.C27H34N2O4.C22H28N2O3.C20H22N2O3/c28-26(31)17-8-7-15-11-21-19-12-18-16-3-1-2-4-20(16)29-23(18)25-27(19,22(15)24(17)32-25)9-10-30(21)13-14-5-6-14;2*1-24(2,31)18-13-25-8-9-27(18,32-3)23-26(25)10-11-29(14-15-4-5-15)19(25)12-16-6-7-17(22(28)30)21(33-23)20(16)26;23-21(26)14-5-4-13-10-16-15-6-7-17(25)20-22(15,18(13)19(14)27-20)8-9-24(16)11-12-2-1-3-12;1-2-8-22-9-7-20-13-5-6-15(23)18(20)25-17-12(19(21)24)4-3-11(16(17)20)10-14(13)22/h1-4,7-8,14,19,21,25,29H,5-6,9-13H2,(H2,28,31);6-7,15,18-19,23,31H,4-5,8-14H2,1-3H3,(H2,28,30);6-9,15,18-19,23,31H,4-5,10-14H2,1-3H3,(H2,28,30);4-5,12,15-17,20,25H,1-3,6-11H2,(H2,23,26);2-6,13-15,18,23H,1,7-10H2,(H2,21,24)/t19-,21+,25-,27-;2*18-,19-,23-,25-,26+,27-;15-,16+,17-,20-,22-;13-,14+,15-,18-,20-/m01100/s1. The van der Waals surface area contributed by atoms with Crippen molar-refractivity contribution >= 4 is 40.4 Å². The molecule has 5 amide bonds. The van der Waals surface area contributed by atoms with Crippen molar-refractivity contribution in [2.24, 2.45) is 92.8 Å². The quantitative estimate of drug-likeness (QED) is 0.0336. The predicted molar refractivity (Wildman–Crippen MR) is 563 cm³/mol. The fourth-order valence-electron chi connectivity index (χ4n) is 38.8. The number of aromatic nitrogens is 1. The Morgan fingerprint density at radius 2 is 0.947 bits per heavy atom. The highest BCUT2D eigenvalue weighted by Crippen LogP contribution is 2.80. The van der Waals surface area contributed by atoms with E-state index in [0.29, 0.717) is 92.9 Å². The van der Waals surface area contributed by atoms with Gasteiger partial charge >= 0.3 is 0 Å². The summed E-state index contributed by atoms with van der Waals surface area (Å²) in [5.74, 6) is 5.84. The Morgan fingerprint density at radius 3 is 1.51 bits per heavy atom. The molecule has 6 aromatic carbocycles. The van der Waals surface area contributed by atoms with E-state index in [1.54, 1.807) is 20.3 Å². The average Bonchev–Trinajstić information content (AvgIpc) is 1.38. The highest BCUT2D eigenvalue weighted by molar-refractivity contribution is 6.00. The Hall–Kier alpha value is -10.0. The van der Waals surface area contributed by atoms with Gasteiger partial charge in [0.05, 0.1) is 56.2 Å². The second-order valence-electron chi connectivity index (χ2n) is 52.3. The third-order valence-corrected chi connectivity index (χ3v) is 45.3. The van der Waals surface area contributed by atoms with Crippen LogP contribution < -0.4 is 52.4 Å². The summed E-state index contributed by atoms with van der Waals surface area (Å²) in [5, 5.41) is 45.6. The van der Waals surface area contributed by atoms with Crippen LogP contribution in [0.1, 0.15) is 281 Å². The van der Waals surface area contributed by atoms with Crippen LogP contribution in [-0.2, 0) is 75.1 Å². The van der Waals surface area contributed by atoms with Gasteiger partial charge in [-0.05, 0) is 326 Å². The number of benzene rings is 6. The van der Waals surface area contributed by atoms with Crippen LogP contribution in [-0.4, -0.2) is 248 Å². The monoisotopic (exact) mass is 2030 g/mol. The molecular formula is C123H147N11O16. The fourth-order valence-corrected chi connectivity index (χ4v) is 38.8. The molecule has 150 heavy (non-hydrogen) atoms. The molecule has 0 unspecified atom stereocenters. The number of fused-ring (bicyclic) bond motifs is 7. The second kappa shape index (κ2) is 32.8. The summed E-state index contributed by atoms with van der Waals surface area (Å²) in [6, 6.07) is 30.7. The number of carbonyl (C=O) groups is 5. The van der Waals surface area contributed by atoms with Gasteiger partial charge in [0.1, 0.15) is 76.6 Å². The van der Waals surface area contributed by atoms with E-state index in [9.17, 15) is 44.4 Å². The van der Waals surface area contributed by atoms with E-state index in [1.165, 1.54) is 150 Å². The first-order valence-corrected chi connectivity index (χ1v) is 57.0. The van der Waals surface area contributed by atoms with Gasteiger partial charge in [0.15, 0.2) is 0 Å². The number of aromatic amines is 1. The van der Waals surface area contributed by atoms with Gasteiger partial charge in [0.25, 0.3) is 29.5 Å². The zero-order chi connectivity index (χ0) is 103. The number of aliphatic hydroxyl groups is 4. The molecule has 11 heterocycles. The van der Waals surface area contributed by atoms with Gasteiger partial charge < -0.3 is 87.2 Å². The first kappa shape index (κ1) is 95.8. The third kappa shape index (κ3) is 12.6. The zero-order valence-corrected chi connectivity index (χ0v) is 87.6. The highest BCUT2D eigenvalue weighted by atomic mass is 16.6. The van der Waals surface area contributed by atoms with Crippen molar-refractivity contribution in [2.45, 2.75) is 317 Å². The molecular weight excluding hydrogens is 1890 g/mol. The first-order valence-electron chi connectivity index (χ1n) is 57.0. The molecule has 5 saturated heterocycles. The molecule has 10 aliphatic heterocycles. The van der Waals surface area contributed by atoms with Gasteiger partial charge in [-0.2, -0.15) is 0 Å². The van der Waals surface area contributed by atoms with Gasteiger partial charge in [-0.3, -0.25) is 48.5 Å². The number of ether oxygens (including phenoxy) is 7.